The lowest BCUT2D eigenvalue weighted by molar-refractivity contribution is 0.0741. The number of sulfone groups is 1. The summed E-state index contributed by atoms with van der Waals surface area (Å²) >= 11 is 6.03. The van der Waals surface area contributed by atoms with Crippen molar-refractivity contribution < 1.29 is 17.9 Å². The highest BCUT2D eigenvalue weighted by Gasteiger charge is 2.34. The number of carbonyl (C=O) groups excluding carboxylic acids is 1. The van der Waals surface area contributed by atoms with Crippen molar-refractivity contribution in [3.63, 3.8) is 0 Å². The number of carbonyl (C=O) groups is 1. The van der Waals surface area contributed by atoms with Gasteiger partial charge in [0.05, 0.1) is 16.5 Å². The van der Waals surface area contributed by atoms with Crippen LogP contribution in [-0.4, -0.2) is 55.4 Å². The van der Waals surface area contributed by atoms with Gasteiger partial charge in [-0.3, -0.25) is 4.79 Å². The van der Waals surface area contributed by atoms with Crippen molar-refractivity contribution in [1.29, 1.82) is 0 Å². The topological polar surface area (TPSA) is 76.6 Å². The molecule has 22 heavy (non-hydrogen) atoms. The predicted molar refractivity (Wildman–Crippen MR) is 84.1 cm³/mol. The van der Waals surface area contributed by atoms with Gasteiger partial charge in [-0.2, -0.15) is 0 Å². The molecule has 1 aromatic rings. The molecule has 1 aliphatic rings. The lowest BCUT2D eigenvalue weighted by atomic mass is 10.2. The summed E-state index contributed by atoms with van der Waals surface area (Å²) in [4.78, 5) is 18.0. The third-order valence-corrected chi connectivity index (χ3v) is 5.50. The molecule has 0 aromatic carbocycles. The smallest absolute Gasteiger partial charge is 0.274 e. The first-order chi connectivity index (χ1) is 10.3. The summed E-state index contributed by atoms with van der Waals surface area (Å²) < 4.78 is 28.4. The average molecular weight is 345 g/mol. The zero-order valence-electron chi connectivity index (χ0n) is 12.2. The maximum atomic E-state index is 12.5. The minimum absolute atomic E-state index is 0.0283. The van der Waals surface area contributed by atoms with Gasteiger partial charge in [-0.15, -0.1) is 0 Å². The Bertz CT molecular complexity index is 690. The lowest BCUT2D eigenvalue weighted by Crippen LogP contribution is -2.38. The summed E-state index contributed by atoms with van der Waals surface area (Å²) in [5.41, 5.74) is 0.0510. The molecule has 2 heterocycles. The number of amides is 1. The fourth-order valence-corrected chi connectivity index (χ4v) is 4.17. The van der Waals surface area contributed by atoms with Crippen molar-refractivity contribution in [2.24, 2.45) is 0 Å². The van der Waals surface area contributed by atoms with Gasteiger partial charge < -0.3 is 9.64 Å². The van der Waals surface area contributed by atoms with Crippen molar-refractivity contribution >= 4 is 27.3 Å². The van der Waals surface area contributed by atoms with Crippen LogP contribution in [0, 0.1) is 0 Å². The molecular weight excluding hydrogens is 328 g/mol. The van der Waals surface area contributed by atoms with Crippen LogP contribution < -0.4 is 4.74 Å². The number of pyridine rings is 1. The highest BCUT2D eigenvalue weighted by molar-refractivity contribution is 7.91. The molecule has 0 spiro atoms. The normalized spacial score (nSPS) is 19.6. The Kier molecular flexibility index (Phi) is 5.08. The zero-order chi connectivity index (χ0) is 16.3. The van der Waals surface area contributed by atoms with E-state index in [0.717, 1.165) is 0 Å². The Labute approximate surface area is 134 Å². The Morgan fingerprint density at radius 2 is 2.32 bits per heavy atom. The van der Waals surface area contributed by atoms with Crippen LogP contribution in [0.15, 0.2) is 24.8 Å². The molecule has 120 valence electrons. The standard InChI is InChI=1S/C14H17ClN2O4S/c1-3-7-21-12-5-4-11(15)13(16-12)14(18)17(2)10-6-8-22(19,20)9-10/h3-5,10H,1,6-9H2,2H3/t10-/m0/s1. The van der Waals surface area contributed by atoms with Crippen LogP contribution in [-0.2, 0) is 9.84 Å². The van der Waals surface area contributed by atoms with E-state index < -0.39 is 15.7 Å². The average Bonchev–Trinajstić information content (AvgIpc) is 2.85. The van der Waals surface area contributed by atoms with Gasteiger partial charge in [-0.1, -0.05) is 24.3 Å². The largest absolute Gasteiger partial charge is 0.473 e. The Balaban J connectivity index is 2.19. The second kappa shape index (κ2) is 6.66. The quantitative estimate of drug-likeness (QED) is 0.757. The number of rotatable bonds is 5. The first-order valence-corrected chi connectivity index (χ1v) is 8.92. The molecule has 0 unspecified atom stereocenters. The van der Waals surface area contributed by atoms with E-state index in [0.29, 0.717) is 6.42 Å². The van der Waals surface area contributed by atoms with Crippen LogP contribution in [0.4, 0.5) is 0 Å². The van der Waals surface area contributed by atoms with Gasteiger partial charge in [0.1, 0.15) is 6.61 Å². The van der Waals surface area contributed by atoms with Crippen LogP contribution in [0.3, 0.4) is 0 Å². The van der Waals surface area contributed by atoms with Gasteiger partial charge in [-0.25, -0.2) is 13.4 Å². The number of halogens is 1. The van der Waals surface area contributed by atoms with Gasteiger partial charge in [0.15, 0.2) is 15.5 Å². The SMILES string of the molecule is C=CCOc1ccc(Cl)c(C(=O)N(C)[C@H]2CCS(=O)(=O)C2)n1. The van der Waals surface area contributed by atoms with E-state index in [1.165, 1.54) is 11.0 Å². The molecule has 1 fully saturated rings. The van der Waals surface area contributed by atoms with E-state index in [2.05, 4.69) is 11.6 Å². The minimum Gasteiger partial charge on any atom is -0.473 e. The fraction of sp³-hybridized carbons (Fsp3) is 0.429. The summed E-state index contributed by atoms with van der Waals surface area (Å²) in [6.45, 7) is 3.80. The van der Waals surface area contributed by atoms with Crippen molar-refractivity contribution in [1.82, 2.24) is 9.88 Å². The molecule has 6 nitrogen and oxygen atoms in total. The lowest BCUT2D eigenvalue weighted by Gasteiger charge is -2.23. The van der Waals surface area contributed by atoms with E-state index in [1.807, 2.05) is 0 Å². The van der Waals surface area contributed by atoms with Gasteiger partial charge in [0, 0.05) is 19.2 Å². The molecule has 1 atom stereocenters. The van der Waals surface area contributed by atoms with E-state index in [9.17, 15) is 13.2 Å². The summed E-state index contributed by atoms with van der Waals surface area (Å²) in [6, 6.07) is 2.73. The zero-order valence-corrected chi connectivity index (χ0v) is 13.7. The first-order valence-electron chi connectivity index (χ1n) is 6.72. The van der Waals surface area contributed by atoms with Crippen molar-refractivity contribution in [3.8, 4) is 5.88 Å². The number of ether oxygens (including phenoxy) is 1. The highest BCUT2D eigenvalue weighted by atomic mass is 35.5. The molecule has 0 radical (unpaired) electrons. The van der Waals surface area contributed by atoms with Crippen molar-refractivity contribution in [2.75, 3.05) is 25.2 Å². The second-order valence-corrected chi connectivity index (χ2v) is 7.69. The molecule has 0 saturated carbocycles. The Hall–Kier alpha value is -1.60. The third-order valence-electron chi connectivity index (χ3n) is 3.45. The first kappa shape index (κ1) is 16.8. The van der Waals surface area contributed by atoms with E-state index >= 15 is 0 Å². The molecule has 2 rings (SSSR count). The van der Waals surface area contributed by atoms with Crippen LogP contribution in [0.1, 0.15) is 16.9 Å². The molecule has 1 amide bonds. The summed E-state index contributed by atoms with van der Waals surface area (Å²) in [5, 5.41) is 0.198. The molecule has 0 N–H and O–H groups in total. The summed E-state index contributed by atoms with van der Waals surface area (Å²) in [6.07, 6.45) is 1.99. The van der Waals surface area contributed by atoms with E-state index in [-0.39, 0.29) is 40.8 Å². The van der Waals surface area contributed by atoms with Gasteiger partial charge in [-0.05, 0) is 12.5 Å². The van der Waals surface area contributed by atoms with Crippen molar-refractivity contribution in [3.05, 3.63) is 35.5 Å². The van der Waals surface area contributed by atoms with E-state index in [1.54, 1.807) is 19.2 Å². The molecular formula is C14H17ClN2O4S. The Morgan fingerprint density at radius 3 is 2.91 bits per heavy atom. The Morgan fingerprint density at radius 1 is 1.59 bits per heavy atom. The summed E-state index contributed by atoms with van der Waals surface area (Å²) in [7, 11) is -1.51. The number of hydrogen-bond acceptors (Lipinski definition) is 5. The molecule has 1 aromatic heterocycles. The van der Waals surface area contributed by atoms with Crippen LogP contribution in [0.25, 0.3) is 0 Å². The van der Waals surface area contributed by atoms with E-state index in [4.69, 9.17) is 16.3 Å². The molecule has 0 bridgehead atoms. The van der Waals surface area contributed by atoms with Gasteiger partial charge >= 0.3 is 0 Å². The number of aromatic nitrogens is 1. The molecule has 1 aliphatic heterocycles. The molecule has 8 heteroatoms. The third kappa shape index (κ3) is 3.78. The van der Waals surface area contributed by atoms with Gasteiger partial charge in [0.25, 0.3) is 5.91 Å². The van der Waals surface area contributed by atoms with Crippen LogP contribution in [0.2, 0.25) is 5.02 Å². The maximum absolute atomic E-state index is 12.5. The van der Waals surface area contributed by atoms with Gasteiger partial charge in [0.2, 0.25) is 5.88 Å². The second-order valence-electron chi connectivity index (χ2n) is 5.05. The van der Waals surface area contributed by atoms with Crippen LogP contribution in [0.5, 0.6) is 5.88 Å². The monoisotopic (exact) mass is 344 g/mol. The molecule has 1 saturated heterocycles. The predicted octanol–water partition coefficient (Wildman–Crippen LogP) is 1.56. The van der Waals surface area contributed by atoms with Crippen molar-refractivity contribution in [2.45, 2.75) is 12.5 Å². The summed E-state index contributed by atoms with van der Waals surface area (Å²) in [5.74, 6) is -0.0883. The number of hydrogen-bond donors (Lipinski definition) is 0. The minimum atomic E-state index is -3.07. The molecule has 0 aliphatic carbocycles. The highest BCUT2D eigenvalue weighted by Crippen LogP contribution is 2.23. The maximum Gasteiger partial charge on any atom is 0.274 e. The van der Waals surface area contributed by atoms with Crippen LogP contribution >= 0.6 is 11.6 Å². The fourth-order valence-electron chi connectivity index (χ4n) is 2.21. The number of nitrogens with zero attached hydrogens (tertiary/aromatic N) is 2.